The van der Waals surface area contributed by atoms with Crippen LogP contribution >= 0.6 is 0 Å². The number of nitrogens with one attached hydrogen (secondary N) is 3. The number of hydrogen-bond acceptors (Lipinski definition) is 5. The van der Waals surface area contributed by atoms with Gasteiger partial charge >= 0.3 is 0 Å². The van der Waals surface area contributed by atoms with Crippen LogP contribution < -0.4 is 10.0 Å². The lowest BCUT2D eigenvalue weighted by atomic mass is 9.71. The summed E-state index contributed by atoms with van der Waals surface area (Å²) in [6.07, 6.45) is 10.5. The van der Waals surface area contributed by atoms with E-state index in [0.717, 1.165) is 54.3 Å². The Kier molecular flexibility index (Phi) is 7.55. The zero-order chi connectivity index (χ0) is 29.2. The molecule has 0 spiro atoms. The van der Waals surface area contributed by atoms with E-state index in [2.05, 4.69) is 25.0 Å². The van der Waals surface area contributed by atoms with E-state index >= 15 is 0 Å². The van der Waals surface area contributed by atoms with E-state index in [-0.39, 0.29) is 22.6 Å². The number of nitrogens with zero attached hydrogens (tertiary/aromatic N) is 2. The van der Waals surface area contributed by atoms with Crippen LogP contribution in [0.5, 0.6) is 0 Å². The number of carbonyl (C=O) groups is 1. The summed E-state index contributed by atoms with van der Waals surface area (Å²) in [6.45, 7) is 2.04. The molecule has 1 fully saturated rings. The molecule has 3 N–H and O–H groups in total. The van der Waals surface area contributed by atoms with Crippen LogP contribution in [0, 0.1) is 0 Å². The number of sulfonamides is 1. The van der Waals surface area contributed by atoms with E-state index in [4.69, 9.17) is 0 Å². The first-order chi connectivity index (χ1) is 20.3. The van der Waals surface area contributed by atoms with Gasteiger partial charge in [0.15, 0.2) is 0 Å². The molecule has 1 saturated carbocycles. The molecule has 3 aromatic heterocycles. The maximum atomic E-state index is 14.2. The van der Waals surface area contributed by atoms with Gasteiger partial charge in [0.25, 0.3) is 0 Å². The molecule has 1 atom stereocenters. The first-order valence-electron chi connectivity index (χ1n) is 14.4. The predicted octanol–water partition coefficient (Wildman–Crippen LogP) is 5.41. The Labute approximate surface area is 246 Å². The fourth-order valence-corrected chi connectivity index (χ4v) is 7.89. The smallest absolute Gasteiger partial charge is 0.243 e. The molecule has 0 unspecified atom stereocenters. The zero-order valence-electron chi connectivity index (χ0n) is 23.6. The van der Waals surface area contributed by atoms with Crippen molar-refractivity contribution >= 4 is 37.7 Å². The quantitative estimate of drug-likeness (QED) is 0.215. The summed E-state index contributed by atoms with van der Waals surface area (Å²) in [7, 11) is -4.15. The third kappa shape index (κ3) is 5.42. The molecule has 42 heavy (non-hydrogen) atoms. The molecule has 1 aliphatic carbocycles. The van der Waals surface area contributed by atoms with Crippen LogP contribution in [-0.2, 0) is 26.7 Å². The lowest BCUT2D eigenvalue weighted by molar-refractivity contribution is -0.126. The fourth-order valence-electron chi connectivity index (χ4n) is 6.34. The second-order valence-corrected chi connectivity index (χ2v) is 13.2. The van der Waals surface area contributed by atoms with Crippen molar-refractivity contribution in [2.75, 3.05) is 6.54 Å². The summed E-state index contributed by atoms with van der Waals surface area (Å²) in [5, 5.41) is 4.82. The number of aromatic amines is 1. The number of H-pyrrole nitrogens is 1. The number of carbonyl (C=O) groups excluding carboxylic acids is 1. The van der Waals surface area contributed by atoms with Gasteiger partial charge in [0.05, 0.1) is 5.52 Å². The largest absolute Gasteiger partial charge is 0.361 e. The molecule has 0 saturated heterocycles. The normalized spacial score (nSPS) is 16.7. The summed E-state index contributed by atoms with van der Waals surface area (Å²) in [4.78, 5) is 26.5. The van der Waals surface area contributed by atoms with Crippen molar-refractivity contribution in [1.29, 1.82) is 0 Å². The van der Waals surface area contributed by atoms with E-state index in [9.17, 15) is 13.2 Å². The molecule has 0 aliphatic heterocycles. The minimum Gasteiger partial charge on any atom is -0.361 e. The molecule has 5 aromatic rings. The van der Waals surface area contributed by atoms with Crippen LogP contribution in [-0.4, -0.2) is 41.4 Å². The summed E-state index contributed by atoms with van der Waals surface area (Å²) < 4.78 is 30.8. The molecule has 8 nitrogen and oxygen atoms in total. The van der Waals surface area contributed by atoms with Crippen LogP contribution in [0.2, 0.25) is 0 Å². The van der Waals surface area contributed by atoms with Gasteiger partial charge in [0, 0.05) is 59.0 Å². The minimum absolute atomic E-state index is 0.0378. The van der Waals surface area contributed by atoms with Crippen molar-refractivity contribution in [2.24, 2.45) is 0 Å². The van der Waals surface area contributed by atoms with Gasteiger partial charge in [-0.15, -0.1) is 0 Å². The topological polar surface area (TPSA) is 117 Å². The molecular formula is C33H35N5O3S. The standard InChI is InChI=1S/C33H35N5O3S/c1-32(21-25-22-36-27-14-4-3-13-26(25)27,38-42(40,41)28-15-9-11-24-12-10-20-35-30(24)28)31(39)37-23-33(17-6-2-7-18-33)29-16-5-8-19-34-29/h3-5,8-16,19-20,22,36,38H,2,6-7,17-18,21,23H2,1H3,(H,37,39)/t32-/m0/s1. The molecule has 0 bridgehead atoms. The Bertz CT molecular complexity index is 1830. The highest BCUT2D eigenvalue weighted by molar-refractivity contribution is 7.89. The molecule has 0 radical (unpaired) electrons. The maximum absolute atomic E-state index is 14.2. The van der Waals surface area contributed by atoms with E-state index < -0.39 is 15.6 Å². The van der Waals surface area contributed by atoms with Crippen LogP contribution in [0.4, 0.5) is 0 Å². The number of amides is 1. The van der Waals surface area contributed by atoms with Crippen molar-refractivity contribution in [3.8, 4) is 0 Å². The number of para-hydroxylation sites is 2. The molecule has 1 aliphatic rings. The van der Waals surface area contributed by atoms with Gasteiger partial charge in [-0.3, -0.25) is 14.8 Å². The lowest BCUT2D eigenvalue weighted by Gasteiger charge is -2.38. The number of benzene rings is 2. The summed E-state index contributed by atoms with van der Waals surface area (Å²) in [5.74, 6) is -0.384. The highest BCUT2D eigenvalue weighted by Gasteiger charge is 2.42. The Morgan fingerprint density at radius 3 is 2.50 bits per heavy atom. The van der Waals surface area contributed by atoms with E-state index in [1.54, 1.807) is 31.5 Å². The van der Waals surface area contributed by atoms with Crippen LogP contribution in [0.3, 0.4) is 0 Å². The van der Waals surface area contributed by atoms with Gasteiger partial charge in [-0.25, -0.2) is 8.42 Å². The third-order valence-corrected chi connectivity index (χ3v) is 10.2. The van der Waals surface area contributed by atoms with Crippen molar-refractivity contribution in [3.05, 3.63) is 103 Å². The molecule has 9 heteroatoms. The summed E-state index contributed by atoms with van der Waals surface area (Å²) in [5.41, 5.74) is 1.30. The number of fused-ring (bicyclic) bond motifs is 2. The number of rotatable bonds is 9. The van der Waals surface area contributed by atoms with Gasteiger partial charge in [0.2, 0.25) is 15.9 Å². The molecule has 3 heterocycles. The van der Waals surface area contributed by atoms with Crippen molar-refractivity contribution in [1.82, 2.24) is 25.0 Å². The number of aromatic nitrogens is 3. The van der Waals surface area contributed by atoms with E-state index in [1.807, 2.05) is 60.8 Å². The monoisotopic (exact) mass is 581 g/mol. The maximum Gasteiger partial charge on any atom is 0.243 e. The Morgan fingerprint density at radius 2 is 1.69 bits per heavy atom. The third-order valence-electron chi connectivity index (χ3n) is 8.57. The first-order valence-corrected chi connectivity index (χ1v) is 15.9. The molecule has 216 valence electrons. The Hall–Kier alpha value is -4.08. The van der Waals surface area contributed by atoms with Crippen molar-refractivity contribution in [3.63, 3.8) is 0 Å². The number of hydrogen-bond donors (Lipinski definition) is 3. The van der Waals surface area contributed by atoms with Gasteiger partial charge in [0.1, 0.15) is 10.4 Å². The Morgan fingerprint density at radius 1 is 0.929 bits per heavy atom. The lowest BCUT2D eigenvalue weighted by Crippen LogP contribution is -2.59. The van der Waals surface area contributed by atoms with Crippen molar-refractivity contribution < 1.29 is 13.2 Å². The van der Waals surface area contributed by atoms with Crippen LogP contribution in [0.1, 0.15) is 50.3 Å². The number of pyridine rings is 2. The van der Waals surface area contributed by atoms with Gasteiger partial charge in [-0.05, 0) is 55.7 Å². The SMILES string of the molecule is C[C@@](Cc1c[nH]c2ccccc12)(NS(=O)(=O)c1cccc2cccnc12)C(=O)NCC1(c2ccccn2)CCCCC1. The van der Waals surface area contributed by atoms with Gasteiger partial charge in [-0.1, -0.05) is 61.7 Å². The van der Waals surface area contributed by atoms with E-state index in [1.165, 1.54) is 6.07 Å². The van der Waals surface area contributed by atoms with E-state index in [0.29, 0.717) is 17.4 Å². The molecular weight excluding hydrogens is 546 g/mol. The molecule has 2 aromatic carbocycles. The average molecular weight is 582 g/mol. The van der Waals surface area contributed by atoms with Gasteiger partial charge < -0.3 is 10.3 Å². The zero-order valence-corrected chi connectivity index (χ0v) is 24.5. The predicted molar refractivity (Wildman–Crippen MR) is 164 cm³/mol. The minimum atomic E-state index is -4.15. The first kappa shape index (κ1) is 28.1. The molecule has 6 rings (SSSR count). The van der Waals surface area contributed by atoms with Crippen LogP contribution in [0.15, 0.2) is 96.3 Å². The van der Waals surface area contributed by atoms with Gasteiger partial charge in [-0.2, -0.15) is 4.72 Å². The Balaban J connectivity index is 1.36. The van der Waals surface area contributed by atoms with Crippen LogP contribution in [0.25, 0.3) is 21.8 Å². The average Bonchev–Trinajstić information content (AvgIpc) is 3.42. The second-order valence-electron chi connectivity index (χ2n) is 11.5. The highest BCUT2D eigenvalue weighted by Crippen LogP contribution is 2.38. The summed E-state index contributed by atoms with van der Waals surface area (Å²) in [6, 6.07) is 22.3. The van der Waals surface area contributed by atoms with Crippen molar-refractivity contribution in [2.45, 2.75) is 61.3 Å². The fraction of sp³-hybridized carbons (Fsp3) is 0.303. The molecule has 1 amide bonds. The highest BCUT2D eigenvalue weighted by atomic mass is 32.2. The summed E-state index contributed by atoms with van der Waals surface area (Å²) >= 11 is 0. The second kappa shape index (κ2) is 11.3.